The van der Waals surface area contributed by atoms with Gasteiger partial charge >= 0.3 is 4.87 Å². The molecule has 0 aliphatic carbocycles. The number of aromatic nitrogens is 1. The summed E-state index contributed by atoms with van der Waals surface area (Å²) in [5, 5.41) is 2.67. The van der Waals surface area contributed by atoms with Gasteiger partial charge in [0.2, 0.25) is 5.91 Å². The summed E-state index contributed by atoms with van der Waals surface area (Å²) in [6.07, 6.45) is 0. The summed E-state index contributed by atoms with van der Waals surface area (Å²) in [6, 6.07) is 15.5. The minimum absolute atomic E-state index is 0.0547. The van der Waals surface area contributed by atoms with Crippen molar-refractivity contribution in [2.45, 2.75) is 4.90 Å². The van der Waals surface area contributed by atoms with Crippen molar-refractivity contribution in [3.8, 4) is 5.75 Å². The standard InChI is InChI=1S/C23H20FN3O5S2/c1-26-20-12-5-16(13-21(20)33-23(26)29)25-22(28)14-27(17-6-3-15(24)4-7-17)34(30,31)19-10-8-18(32-2)9-11-19/h3-13H,14H2,1-2H3,(H,25,28). The van der Waals surface area contributed by atoms with Crippen LogP contribution >= 0.6 is 11.3 Å². The highest BCUT2D eigenvalue weighted by Gasteiger charge is 2.27. The number of sulfonamides is 1. The number of nitrogens with one attached hydrogen (secondary N) is 1. The number of hydrogen-bond acceptors (Lipinski definition) is 6. The molecule has 0 bridgehead atoms. The number of hydrogen-bond donors (Lipinski definition) is 1. The third-order valence-corrected chi connectivity index (χ3v) is 7.91. The third kappa shape index (κ3) is 4.66. The van der Waals surface area contributed by atoms with Crippen molar-refractivity contribution in [1.29, 1.82) is 0 Å². The summed E-state index contributed by atoms with van der Waals surface area (Å²) < 4.78 is 48.4. The first-order valence-electron chi connectivity index (χ1n) is 10.0. The van der Waals surface area contributed by atoms with Gasteiger partial charge in [-0.1, -0.05) is 11.3 Å². The largest absolute Gasteiger partial charge is 0.497 e. The number of anilines is 2. The van der Waals surface area contributed by atoms with Crippen LogP contribution in [0.15, 0.2) is 76.4 Å². The molecule has 176 valence electrons. The number of nitrogens with zero attached hydrogens (tertiary/aromatic N) is 2. The van der Waals surface area contributed by atoms with Crippen LogP contribution in [-0.2, 0) is 21.9 Å². The SMILES string of the molecule is COc1ccc(S(=O)(=O)N(CC(=O)Nc2ccc3c(c2)sc(=O)n3C)c2ccc(F)cc2)cc1. The van der Waals surface area contributed by atoms with Gasteiger partial charge in [-0.3, -0.25) is 13.9 Å². The number of thiazole rings is 1. The van der Waals surface area contributed by atoms with E-state index in [9.17, 15) is 22.4 Å². The number of methoxy groups -OCH3 is 1. The molecule has 0 unspecified atom stereocenters. The number of ether oxygens (including phenoxy) is 1. The molecule has 0 aliphatic heterocycles. The highest BCUT2D eigenvalue weighted by atomic mass is 32.2. The molecular weight excluding hydrogens is 481 g/mol. The van der Waals surface area contributed by atoms with Crippen molar-refractivity contribution < 1.29 is 22.3 Å². The lowest BCUT2D eigenvalue weighted by Crippen LogP contribution is -2.38. The van der Waals surface area contributed by atoms with Crippen LogP contribution in [0.1, 0.15) is 0 Å². The minimum Gasteiger partial charge on any atom is -0.497 e. The molecule has 1 amide bonds. The molecular formula is C23H20FN3O5S2. The van der Waals surface area contributed by atoms with E-state index >= 15 is 0 Å². The minimum atomic E-state index is -4.16. The molecule has 8 nitrogen and oxygen atoms in total. The smallest absolute Gasteiger partial charge is 0.307 e. The maximum Gasteiger partial charge on any atom is 0.307 e. The quantitative estimate of drug-likeness (QED) is 0.418. The van der Waals surface area contributed by atoms with Gasteiger partial charge < -0.3 is 14.6 Å². The summed E-state index contributed by atoms with van der Waals surface area (Å²) in [7, 11) is -1.05. The first kappa shape index (κ1) is 23.5. The highest BCUT2D eigenvalue weighted by Crippen LogP contribution is 2.26. The van der Waals surface area contributed by atoms with Gasteiger partial charge in [0.25, 0.3) is 10.0 Å². The molecule has 0 saturated carbocycles. The molecule has 0 aliphatic rings. The first-order valence-corrected chi connectivity index (χ1v) is 12.3. The zero-order valence-electron chi connectivity index (χ0n) is 18.2. The lowest BCUT2D eigenvalue weighted by molar-refractivity contribution is -0.114. The first-order chi connectivity index (χ1) is 16.2. The van der Waals surface area contributed by atoms with Crippen LogP contribution in [0.4, 0.5) is 15.8 Å². The van der Waals surface area contributed by atoms with Gasteiger partial charge in [0.05, 0.1) is 27.9 Å². The Morgan fingerprint density at radius 3 is 2.41 bits per heavy atom. The van der Waals surface area contributed by atoms with Gasteiger partial charge in [0.15, 0.2) is 0 Å². The second-order valence-corrected chi connectivity index (χ2v) is 10.2. The van der Waals surface area contributed by atoms with E-state index in [0.29, 0.717) is 16.1 Å². The molecule has 0 spiro atoms. The lowest BCUT2D eigenvalue weighted by atomic mass is 10.3. The summed E-state index contributed by atoms with van der Waals surface area (Å²) in [5.41, 5.74) is 1.27. The Morgan fingerprint density at radius 2 is 1.76 bits per heavy atom. The zero-order chi connectivity index (χ0) is 24.5. The van der Waals surface area contributed by atoms with Crippen LogP contribution in [0, 0.1) is 5.82 Å². The number of amides is 1. The number of fused-ring (bicyclic) bond motifs is 1. The molecule has 0 fully saturated rings. The molecule has 1 aromatic heterocycles. The monoisotopic (exact) mass is 501 g/mol. The van der Waals surface area contributed by atoms with Gasteiger partial charge in [-0.2, -0.15) is 0 Å². The van der Waals surface area contributed by atoms with Crippen LogP contribution in [0.25, 0.3) is 10.2 Å². The van der Waals surface area contributed by atoms with Crippen molar-refractivity contribution in [3.63, 3.8) is 0 Å². The molecule has 4 aromatic rings. The maximum absolute atomic E-state index is 13.5. The number of halogens is 1. The molecule has 0 saturated heterocycles. The summed E-state index contributed by atoms with van der Waals surface area (Å²) >= 11 is 1.04. The number of carbonyl (C=O) groups excluding carboxylic acids is 1. The lowest BCUT2D eigenvalue weighted by Gasteiger charge is -2.24. The van der Waals surface area contributed by atoms with Gasteiger partial charge in [-0.25, -0.2) is 12.8 Å². The number of aryl methyl sites for hydroxylation is 1. The van der Waals surface area contributed by atoms with Gasteiger partial charge in [-0.05, 0) is 66.7 Å². The summed E-state index contributed by atoms with van der Waals surface area (Å²) in [4.78, 5) is 24.6. The number of carbonyl (C=O) groups is 1. The predicted molar refractivity (Wildman–Crippen MR) is 130 cm³/mol. The van der Waals surface area contributed by atoms with E-state index in [1.165, 1.54) is 48.1 Å². The van der Waals surface area contributed by atoms with Crippen LogP contribution in [0.5, 0.6) is 5.75 Å². The Hall–Kier alpha value is -3.70. The second kappa shape index (κ2) is 9.27. The average molecular weight is 502 g/mol. The van der Waals surface area contributed by atoms with Crippen molar-refractivity contribution >= 4 is 48.9 Å². The topological polar surface area (TPSA) is 97.7 Å². The van der Waals surface area contributed by atoms with E-state index in [-0.39, 0.29) is 15.5 Å². The van der Waals surface area contributed by atoms with E-state index in [4.69, 9.17) is 4.74 Å². The summed E-state index contributed by atoms with van der Waals surface area (Å²) in [6.45, 7) is -0.553. The molecule has 11 heteroatoms. The van der Waals surface area contributed by atoms with Crippen LogP contribution < -0.4 is 19.2 Å². The average Bonchev–Trinajstić information content (AvgIpc) is 3.10. The fraction of sp³-hybridized carbons (Fsp3) is 0.130. The predicted octanol–water partition coefficient (Wildman–Crippen LogP) is 3.58. The Kier molecular flexibility index (Phi) is 6.40. The molecule has 4 rings (SSSR count). The van der Waals surface area contributed by atoms with Crippen molar-refractivity contribution in [2.75, 3.05) is 23.3 Å². The van der Waals surface area contributed by atoms with Crippen LogP contribution in [0.3, 0.4) is 0 Å². The van der Waals surface area contributed by atoms with Crippen LogP contribution in [-0.4, -0.2) is 32.5 Å². The second-order valence-electron chi connectivity index (χ2n) is 7.32. The maximum atomic E-state index is 13.5. The van der Waals surface area contributed by atoms with E-state index in [2.05, 4.69) is 5.32 Å². The van der Waals surface area contributed by atoms with Crippen molar-refractivity contribution in [1.82, 2.24) is 4.57 Å². The number of rotatable bonds is 7. The van der Waals surface area contributed by atoms with Gasteiger partial charge in [-0.15, -0.1) is 0 Å². The summed E-state index contributed by atoms with van der Waals surface area (Å²) in [5.74, 6) is -0.669. The van der Waals surface area contributed by atoms with E-state index in [1.54, 1.807) is 25.2 Å². The molecule has 1 heterocycles. The fourth-order valence-electron chi connectivity index (χ4n) is 3.34. The molecule has 0 radical (unpaired) electrons. The van der Waals surface area contributed by atoms with Gasteiger partial charge in [0, 0.05) is 12.7 Å². The van der Waals surface area contributed by atoms with Gasteiger partial charge in [0.1, 0.15) is 18.1 Å². The highest BCUT2D eigenvalue weighted by molar-refractivity contribution is 7.92. The van der Waals surface area contributed by atoms with Crippen molar-refractivity contribution in [3.05, 3.63) is 82.2 Å². The molecule has 1 N–H and O–H groups in total. The van der Waals surface area contributed by atoms with E-state index < -0.39 is 28.3 Å². The van der Waals surface area contributed by atoms with Crippen molar-refractivity contribution in [2.24, 2.45) is 7.05 Å². The van der Waals surface area contributed by atoms with E-state index in [1.807, 2.05) is 0 Å². The molecule has 0 atom stereocenters. The molecule has 34 heavy (non-hydrogen) atoms. The molecule has 3 aromatic carbocycles. The Morgan fingerprint density at radius 1 is 1.09 bits per heavy atom. The Balaban J connectivity index is 1.64. The Bertz CT molecular complexity index is 1510. The normalized spacial score (nSPS) is 11.4. The third-order valence-electron chi connectivity index (χ3n) is 5.13. The number of benzene rings is 3. The fourth-order valence-corrected chi connectivity index (χ4v) is 5.68. The zero-order valence-corrected chi connectivity index (χ0v) is 19.8. The Labute approximate surface area is 198 Å². The van der Waals surface area contributed by atoms with Crippen LogP contribution in [0.2, 0.25) is 0 Å². The van der Waals surface area contributed by atoms with E-state index in [0.717, 1.165) is 33.3 Å².